The quantitative estimate of drug-likeness (QED) is 0.492. The van der Waals surface area contributed by atoms with Crippen LogP contribution < -0.4 is 22.5 Å². The molecule has 31 heavy (non-hydrogen) atoms. The molecule has 2 aromatic heterocycles. The highest BCUT2D eigenvalue weighted by atomic mass is 16.3. The fourth-order valence-electron chi connectivity index (χ4n) is 3.15. The lowest BCUT2D eigenvalue weighted by atomic mass is 10.2. The maximum absolute atomic E-state index is 12.4. The second kappa shape index (κ2) is 9.82. The molecule has 0 aliphatic carbocycles. The van der Waals surface area contributed by atoms with Crippen LogP contribution in [0.2, 0.25) is 0 Å². The van der Waals surface area contributed by atoms with E-state index in [1.54, 1.807) is 27.7 Å². The summed E-state index contributed by atoms with van der Waals surface area (Å²) < 4.78 is 4.18. The molecule has 0 saturated carbocycles. The van der Waals surface area contributed by atoms with Crippen LogP contribution >= 0.6 is 0 Å². The summed E-state index contributed by atoms with van der Waals surface area (Å²) >= 11 is 0. The van der Waals surface area contributed by atoms with Gasteiger partial charge in [-0.15, -0.1) is 5.73 Å². The van der Waals surface area contributed by atoms with Gasteiger partial charge < -0.3 is 10.2 Å². The number of rotatable bonds is 7. The molecule has 2 aromatic rings. The predicted octanol–water partition coefficient (Wildman–Crippen LogP) is 0.706. The van der Waals surface area contributed by atoms with Gasteiger partial charge >= 0.3 is 11.4 Å². The summed E-state index contributed by atoms with van der Waals surface area (Å²) in [7, 11) is 0. The van der Waals surface area contributed by atoms with Gasteiger partial charge in [0, 0.05) is 26.2 Å². The molecule has 0 bridgehead atoms. The molecule has 0 radical (unpaired) electrons. The monoisotopic (exact) mass is 430 g/mol. The molecule has 0 aromatic carbocycles. The van der Waals surface area contributed by atoms with E-state index in [0.717, 1.165) is 18.3 Å². The van der Waals surface area contributed by atoms with Gasteiger partial charge in [-0.05, 0) is 45.9 Å². The minimum atomic E-state index is -0.641. The molecular formula is C21H26N4O6. The zero-order chi connectivity index (χ0) is 23.3. The third kappa shape index (κ3) is 4.24. The molecule has 0 atom stereocenters. The molecule has 0 amide bonds. The van der Waals surface area contributed by atoms with Crippen molar-refractivity contribution in [2.75, 3.05) is 0 Å². The van der Waals surface area contributed by atoms with Crippen LogP contribution in [-0.4, -0.2) is 28.5 Å². The zero-order valence-electron chi connectivity index (χ0n) is 18.0. The first-order valence-corrected chi connectivity index (χ1v) is 9.97. The fraction of sp³-hybridized carbons (Fsp3) is 0.381. The van der Waals surface area contributed by atoms with Gasteiger partial charge in [-0.3, -0.25) is 27.9 Å². The van der Waals surface area contributed by atoms with E-state index in [-0.39, 0.29) is 37.3 Å². The van der Waals surface area contributed by atoms with Gasteiger partial charge in [-0.1, -0.05) is 6.08 Å². The third-order valence-electron chi connectivity index (χ3n) is 4.82. The Bertz CT molecular complexity index is 1310. The van der Waals surface area contributed by atoms with Crippen molar-refractivity contribution in [3.63, 3.8) is 0 Å². The molecule has 10 heteroatoms. The van der Waals surface area contributed by atoms with E-state index in [2.05, 4.69) is 5.73 Å². The molecule has 2 heterocycles. The maximum atomic E-state index is 12.4. The van der Waals surface area contributed by atoms with Gasteiger partial charge in [0.15, 0.2) is 0 Å². The van der Waals surface area contributed by atoms with Crippen LogP contribution in [0.5, 0.6) is 11.8 Å². The SMILES string of the molecule is CCn1c(O)c(C=C=CC=Cc2c(O)n(CC)c(=O)n(CC)c2=O)c(=O)n(CC)c1=O. The van der Waals surface area contributed by atoms with Crippen molar-refractivity contribution >= 4 is 12.2 Å². The lowest BCUT2D eigenvalue weighted by Crippen LogP contribution is -2.40. The molecule has 0 saturated heterocycles. The predicted molar refractivity (Wildman–Crippen MR) is 118 cm³/mol. The average Bonchev–Trinajstić information content (AvgIpc) is 2.73. The molecule has 166 valence electrons. The Kier molecular flexibility index (Phi) is 7.44. The Morgan fingerprint density at radius 2 is 1.13 bits per heavy atom. The van der Waals surface area contributed by atoms with Crippen molar-refractivity contribution in [2.24, 2.45) is 0 Å². The van der Waals surface area contributed by atoms with Crippen molar-refractivity contribution in [1.29, 1.82) is 0 Å². The van der Waals surface area contributed by atoms with Crippen molar-refractivity contribution in [3.05, 3.63) is 70.7 Å². The summed E-state index contributed by atoms with van der Waals surface area (Å²) in [5, 5.41) is 20.5. The van der Waals surface area contributed by atoms with Crippen LogP contribution in [0.25, 0.3) is 12.2 Å². The van der Waals surface area contributed by atoms with E-state index in [1.807, 2.05) is 0 Å². The lowest BCUT2D eigenvalue weighted by molar-refractivity contribution is 0.393. The Hall–Kier alpha value is -3.78. The summed E-state index contributed by atoms with van der Waals surface area (Å²) in [6.07, 6.45) is 5.33. The van der Waals surface area contributed by atoms with E-state index in [4.69, 9.17) is 0 Å². The van der Waals surface area contributed by atoms with E-state index in [0.29, 0.717) is 0 Å². The largest absolute Gasteiger partial charge is 0.494 e. The summed E-state index contributed by atoms with van der Waals surface area (Å²) in [5.41, 5.74) is 0.0984. The lowest BCUT2D eigenvalue weighted by Gasteiger charge is -2.11. The number of allylic oxidation sites excluding steroid dienone is 2. The standard InChI is InChI=1S/C21H26N4O6/c1-5-22-16(26)14(17(27)23(6-2)20(22)30)12-10-9-11-13-15-18(28)24(7-3)21(31)25(8-4)19(15)29/h9-10,12-13,26,28H,5-8H2,1-4H3. The first kappa shape index (κ1) is 23.5. The maximum Gasteiger partial charge on any atom is 0.333 e. The van der Waals surface area contributed by atoms with Gasteiger partial charge in [0.05, 0.1) is 0 Å². The first-order chi connectivity index (χ1) is 14.7. The Morgan fingerprint density at radius 1 is 0.710 bits per heavy atom. The zero-order valence-corrected chi connectivity index (χ0v) is 18.0. The van der Waals surface area contributed by atoms with E-state index in [9.17, 15) is 29.4 Å². The van der Waals surface area contributed by atoms with Crippen LogP contribution in [0.4, 0.5) is 0 Å². The molecule has 10 nitrogen and oxygen atoms in total. The molecular weight excluding hydrogens is 404 g/mol. The minimum Gasteiger partial charge on any atom is -0.494 e. The van der Waals surface area contributed by atoms with E-state index < -0.39 is 34.3 Å². The minimum absolute atomic E-state index is 0.0583. The Balaban J connectivity index is 2.54. The second-order valence-electron chi connectivity index (χ2n) is 6.46. The molecule has 2 N–H and O–H groups in total. The topological polar surface area (TPSA) is 128 Å². The number of hydrogen-bond acceptors (Lipinski definition) is 6. The van der Waals surface area contributed by atoms with Gasteiger partial charge in [0.25, 0.3) is 11.1 Å². The highest BCUT2D eigenvalue weighted by Crippen LogP contribution is 2.13. The van der Waals surface area contributed by atoms with E-state index >= 15 is 0 Å². The van der Waals surface area contributed by atoms with Crippen LogP contribution in [0.3, 0.4) is 0 Å². The number of nitrogens with zero attached hydrogens (tertiary/aromatic N) is 4. The van der Waals surface area contributed by atoms with Crippen LogP contribution in [-0.2, 0) is 26.2 Å². The third-order valence-corrected chi connectivity index (χ3v) is 4.82. The summed E-state index contributed by atoms with van der Waals surface area (Å²) in [4.78, 5) is 49.2. The van der Waals surface area contributed by atoms with Crippen LogP contribution in [0, 0.1) is 0 Å². The molecule has 2 rings (SSSR count). The molecule has 0 unspecified atom stereocenters. The normalized spacial score (nSPS) is 11.0. The number of aromatic nitrogens is 4. The van der Waals surface area contributed by atoms with Gasteiger partial charge in [0.2, 0.25) is 11.8 Å². The molecule has 0 fully saturated rings. The van der Waals surface area contributed by atoms with Gasteiger partial charge in [-0.25, -0.2) is 9.59 Å². The van der Waals surface area contributed by atoms with Crippen LogP contribution in [0.15, 0.2) is 37.1 Å². The van der Waals surface area contributed by atoms with E-state index in [1.165, 1.54) is 24.3 Å². The highest BCUT2D eigenvalue weighted by molar-refractivity contribution is 5.57. The fourth-order valence-corrected chi connectivity index (χ4v) is 3.15. The molecule has 0 aliphatic heterocycles. The summed E-state index contributed by atoms with van der Waals surface area (Å²) in [6.45, 7) is 7.33. The summed E-state index contributed by atoms with van der Waals surface area (Å²) in [5.74, 6) is -0.889. The Labute approximate surface area is 177 Å². The summed E-state index contributed by atoms with van der Waals surface area (Å²) in [6, 6.07) is 0. The first-order valence-electron chi connectivity index (χ1n) is 9.97. The van der Waals surface area contributed by atoms with Crippen LogP contribution in [0.1, 0.15) is 38.8 Å². The van der Waals surface area contributed by atoms with Crippen molar-refractivity contribution < 1.29 is 10.2 Å². The molecule has 0 aliphatic rings. The van der Waals surface area contributed by atoms with Crippen molar-refractivity contribution in [3.8, 4) is 11.8 Å². The van der Waals surface area contributed by atoms with Crippen molar-refractivity contribution in [2.45, 2.75) is 53.9 Å². The highest BCUT2D eigenvalue weighted by Gasteiger charge is 2.16. The average molecular weight is 430 g/mol. The van der Waals surface area contributed by atoms with Gasteiger partial charge in [-0.2, -0.15) is 0 Å². The number of hydrogen-bond donors (Lipinski definition) is 2. The van der Waals surface area contributed by atoms with Gasteiger partial charge in [0.1, 0.15) is 11.1 Å². The molecule has 0 spiro atoms. The Morgan fingerprint density at radius 3 is 1.58 bits per heavy atom. The smallest absolute Gasteiger partial charge is 0.333 e. The van der Waals surface area contributed by atoms with Crippen molar-refractivity contribution in [1.82, 2.24) is 18.3 Å². The number of aromatic hydroxyl groups is 2. The second-order valence-corrected chi connectivity index (χ2v) is 6.46.